The van der Waals surface area contributed by atoms with Crippen molar-refractivity contribution < 1.29 is 4.74 Å². The Morgan fingerprint density at radius 1 is 1.24 bits per heavy atom. The van der Waals surface area contributed by atoms with Crippen LogP contribution in [0, 0.1) is 0 Å². The first-order valence-corrected chi connectivity index (χ1v) is 6.50. The minimum absolute atomic E-state index is 0.450. The highest BCUT2D eigenvalue weighted by molar-refractivity contribution is 6.10. The normalized spacial score (nSPS) is 14.0. The maximum absolute atomic E-state index is 5.79. The summed E-state index contributed by atoms with van der Waals surface area (Å²) in [6, 6.07) is 7.23. The predicted molar refractivity (Wildman–Crippen MR) is 81.3 cm³/mol. The van der Waals surface area contributed by atoms with Gasteiger partial charge in [0.2, 0.25) is 5.88 Å². The van der Waals surface area contributed by atoms with Gasteiger partial charge in [-0.2, -0.15) is 0 Å². The average molecular weight is 281 g/mol. The maximum atomic E-state index is 5.79. The van der Waals surface area contributed by atoms with E-state index < -0.39 is 0 Å². The highest BCUT2D eigenvalue weighted by atomic mass is 16.5. The van der Waals surface area contributed by atoms with Gasteiger partial charge in [-0.15, -0.1) is 0 Å². The van der Waals surface area contributed by atoms with Gasteiger partial charge in [-0.1, -0.05) is 0 Å². The van der Waals surface area contributed by atoms with Gasteiger partial charge in [0.25, 0.3) is 0 Å². The number of rotatable bonds is 3. The molecule has 0 radical (unpaired) electrons. The number of aliphatic imine (C=N–C) groups is 1. The Morgan fingerprint density at radius 3 is 2.86 bits per heavy atom. The smallest absolute Gasteiger partial charge is 0.228 e. The number of aromatic nitrogens is 2. The van der Waals surface area contributed by atoms with Crippen molar-refractivity contribution in [1.29, 1.82) is 0 Å². The van der Waals surface area contributed by atoms with Crippen LogP contribution in [0.15, 0.2) is 53.9 Å². The Balaban J connectivity index is 1.89. The highest BCUT2D eigenvalue weighted by Crippen LogP contribution is 2.24. The van der Waals surface area contributed by atoms with E-state index in [1.807, 2.05) is 36.4 Å². The molecule has 21 heavy (non-hydrogen) atoms. The zero-order valence-corrected chi connectivity index (χ0v) is 11.6. The van der Waals surface area contributed by atoms with E-state index in [-0.39, 0.29) is 0 Å². The third kappa shape index (κ3) is 3.00. The van der Waals surface area contributed by atoms with E-state index >= 15 is 0 Å². The summed E-state index contributed by atoms with van der Waals surface area (Å²) in [6.45, 7) is 0.615. The number of nitrogens with two attached hydrogens (primary N) is 1. The number of hydrogen-bond donors (Lipinski definition) is 1. The Labute approximate surface area is 122 Å². The molecule has 3 rings (SSSR count). The number of allylic oxidation sites excluding steroid dienone is 1. The summed E-state index contributed by atoms with van der Waals surface area (Å²) in [7, 11) is 1.97. The predicted octanol–water partition coefficient (Wildman–Crippen LogP) is 2.06. The lowest BCUT2D eigenvalue weighted by Crippen LogP contribution is -2.17. The molecule has 2 N–H and O–H groups in total. The first-order chi connectivity index (χ1) is 10.2. The Kier molecular flexibility index (Phi) is 3.51. The van der Waals surface area contributed by atoms with Crippen molar-refractivity contribution in [2.75, 3.05) is 19.5 Å². The fraction of sp³-hybridized carbons (Fsp3) is 0.133. The molecule has 2 aromatic heterocycles. The number of hydrogen-bond acceptors (Lipinski definition) is 6. The first kappa shape index (κ1) is 13.1. The van der Waals surface area contributed by atoms with Crippen molar-refractivity contribution >= 4 is 11.5 Å². The second kappa shape index (κ2) is 5.62. The zero-order chi connectivity index (χ0) is 14.7. The molecule has 106 valence electrons. The van der Waals surface area contributed by atoms with E-state index in [4.69, 9.17) is 10.5 Å². The number of nitrogens with zero attached hydrogens (tertiary/aromatic N) is 4. The van der Waals surface area contributed by atoms with Gasteiger partial charge in [-0.05, 0) is 30.3 Å². The third-order valence-corrected chi connectivity index (χ3v) is 2.97. The van der Waals surface area contributed by atoms with Crippen LogP contribution in [0.2, 0.25) is 0 Å². The van der Waals surface area contributed by atoms with E-state index in [2.05, 4.69) is 15.0 Å². The lowest BCUT2D eigenvalue weighted by molar-refractivity contribution is 0.457. The Bertz CT molecular complexity index is 693. The van der Waals surface area contributed by atoms with Gasteiger partial charge in [0, 0.05) is 19.4 Å². The molecular weight excluding hydrogens is 266 g/mol. The van der Waals surface area contributed by atoms with Crippen LogP contribution >= 0.6 is 0 Å². The van der Waals surface area contributed by atoms with Crippen LogP contribution in [0.25, 0.3) is 0 Å². The van der Waals surface area contributed by atoms with Gasteiger partial charge in [0.05, 0.1) is 17.5 Å². The van der Waals surface area contributed by atoms with E-state index in [1.54, 1.807) is 24.5 Å². The van der Waals surface area contributed by atoms with Gasteiger partial charge in [-0.25, -0.2) is 9.97 Å². The SMILES string of the molecule is CN1C=CC(c2cccnc2Oc2ccc(N)nc2)=NC1. The molecule has 6 nitrogen and oxygen atoms in total. The fourth-order valence-corrected chi connectivity index (χ4v) is 1.89. The van der Waals surface area contributed by atoms with Gasteiger partial charge in [0.15, 0.2) is 0 Å². The van der Waals surface area contributed by atoms with E-state index in [1.165, 1.54) is 0 Å². The molecule has 1 aliphatic rings. The van der Waals surface area contributed by atoms with Gasteiger partial charge in [0.1, 0.15) is 18.2 Å². The summed E-state index contributed by atoms with van der Waals surface area (Å²) in [4.78, 5) is 14.8. The van der Waals surface area contributed by atoms with Gasteiger partial charge in [-0.3, -0.25) is 4.99 Å². The Hall–Kier alpha value is -2.89. The monoisotopic (exact) mass is 281 g/mol. The van der Waals surface area contributed by atoms with Crippen molar-refractivity contribution in [3.63, 3.8) is 0 Å². The molecule has 0 aromatic carbocycles. The molecule has 3 heterocycles. The summed E-state index contributed by atoms with van der Waals surface area (Å²) in [5, 5.41) is 0. The van der Waals surface area contributed by atoms with Crippen molar-refractivity contribution in [3.05, 3.63) is 54.5 Å². The molecule has 0 saturated heterocycles. The quantitative estimate of drug-likeness (QED) is 0.931. The second-order valence-corrected chi connectivity index (χ2v) is 4.63. The minimum Gasteiger partial charge on any atom is -0.437 e. The van der Waals surface area contributed by atoms with E-state index in [0.29, 0.717) is 24.1 Å². The molecule has 0 saturated carbocycles. The van der Waals surface area contributed by atoms with Crippen LogP contribution in [0.5, 0.6) is 11.6 Å². The molecule has 0 amide bonds. The molecule has 0 unspecified atom stereocenters. The van der Waals surface area contributed by atoms with Gasteiger partial charge >= 0.3 is 0 Å². The van der Waals surface area contributed by atoms with Crippen LogP contribution in [-0.4, -0.2) is 34.3 Å². The summed E-state index contributed by atoms with van der Waals surface area (Å²) in [6.07, 6.45) is 7.17. The molecule has 6 heteroatoms. The van der Waals surface area contributed by atoms with Crippen LogP contribution in [-0.2, 0) is 0 Å². The molecule has 0 bridgehead atoms. The Morgan fingerprint density at radius 2 is 2.14 bits per heavy atom. The van der Waals surface area contributed by atoms with Gasteiger partial charge < -0.3 is 15.4 Å². The summed E-state index contributed by atoms with van der Waals surface area (Å²) in [5.41, 5.74) is 7.26. The number of pyridine rings is 2. The summed E-state index contributed by atoms with van der Waals surface area (Å²) < 4.78 is 5.79. The molecule has 0 spiro atoms. The van der Waals surface area contributed by atoms with Crippen LogP contribution in [0.3, 0.4) is 0 Å². The van der Waals surface area contributed by atoms with E-state index in [0.717, 1.165) is 11.3 Å². The first-order valence-electron chi connectivity index (χ1n) is 6.50. The molecule has 0 fully saturated rings. The standard InChI is InChI=1S/C15H15N5O/c1-20-8-6-13(19-10-20)12-3-2-7-17-15(12)21-11-4-5-14(16)18-9-11/h2-9H,10H2,1H3,(H2,16,18). The van der Waals surface area contributed by atoms with E-state index in [9.17, 15) is 0 Å². The molecular formula is C15H15N5O. The number of nitrogen functional groups attached to an aromatic ring is 1. The zero-order valence-electron chi connectivity index (χ0n) is 11.6. The van der Waals surface area contributed by atoms with Crippen molar-refractivity contribution in [3.8, 4) is 11.6 Å². The highest BCUT2D eigenvalue weighted by Gasteiger charge is 2.12. The van der Waals surface area contributed by atoms with Crippen molar-refractivity contribution in [2.45, 2.75) is 0 Å². The van der Waals surface area contributed by atoms with Crippen molar-refractivity contribution in [2.24, 2.45) is 4.99 Å². The van der Waals surface area contributed by atoms with Crippen LogP contribution in [0.1, 0.15) is 5.56 Å². The largest absolute Gasteiger partial charge is 0.437 e. The average Bonchev–Trinajstić information content (AvgIpc) is 2.51. The third-order valence-electron chi connectivity index (χ3n) is 2.97. The molecule has 2 aromatic rings. The number of anilines is 1. The lowest BCUT2D eigenvalue weighted by Gasteiger charge is -2.17. The summed E-state index contributed by atoms with van der Waals surface area (Å²) >= 11 is 0. The number of ether oxygens (including phenoxy) is 1. The molecule has 0 aliphatic carbocycles. The fourth-order valence-electron chi connectivity index (χ4n) is 1.89. The maximum Gasteiger partial charge on any atom is 0.228 e. The van der Waals surface area contributed by atoms with Crippen molar-refractivity contribution in [1.82, 2.24) is 14.9 Å². The minimum atomic E-state index is 0.450. The van der Waals surface area contributed by atoms with Crippen LogP contribution in [0.4, 0.5) is 5.82 Å². The topological polar surface area (TPSA) is 76.6 Å². The molecule has 1 aliphatic heterocycles. The summed E-state index contributed by atoms with van der Waals surface area (Å²) in [5.74, 6) is 1.53. The van der Waals surface area contributed by atoms with Crippen LogP contribution < -0.4 is 10.5 Å². The lowest BCUT2D eigenvalue weighted by atomic mass is 10.1. The molecule has 0 atom stereocenters. The second-order valence-electron chi connectivity index (χ2n) is 4.63.